The molecule has 0 amide bonds. The number of para-hydroxylation sites is 3. The molecule has 0 atom stereocenters. The molecule has 0 aromatic heterocycles. The molecular formula is C39H32BNSi. The van der Waals surface area contributed by atoms with Gasteiger partial charge in [-0.2, -0.15) is 0 Å². The van der Waals surface area contributed by atoms with Crippen LogP contribution in [0.15, 0.2) is 140 Å². The van der Waals surface area contributed by atoms with E-state index in [1.54, 1.807) is 0 Å². The van der Waals surface area contributed by atoms with Crippen molar-refractivity contribution in [3.8, 4) is 0 Å². The highest BCUT2D eigenvalue weighted by molar-refractivity contribution is 7.22. The fourth-order valence-corrected chi connectivity index (χ4v) is 13.2. The Kier molecular flexibility index (Phi) is 5.67. The second-order valence-corrected chi connectivity index (χ2v) is 15.6. The van der Waals surface area contributed by atoms with Gasteiger partial charge in [-0.05, 0) is 64.6 Å². The Morgan fingerprint density at radius 2 is 1.02 bits per heavy atom. The van der Waals surface area contributed by atoms with Gasteiger partial charge < -0.3 is 4.90 Å². The molecule has 0 fully saturated rings. The van der Waals surface area contributed by atoms with Gasteiger partial charge in [0.15, 0.2) is 8.07 Å². The van der Waals surface area contributed by atoms with E-state index in [0.717, 1.165) is 0 Å². The Hall–Kier alpha value is -4.60. The van der Waals surface area contributed by atoms with Crippen molar-refractivity contribution in [3.63, 3.8) is 0 Å². The van der Waals surface area contributed by atoms with Crippen LogP contribution in [0, 0.1) is 20.8 Å². The maximum atomic E-state index is 2.59. The Balaban J connectivity index is 1.56. The molecule has 2 aliphatic rings. The normalized spacial score (nSPS) is 14.2. The highest BCUT2D eigenvalue weighted by Crippen LogP contribution is 2.39. The summed E-state index contributed by atoms with van der Waals surface area (Å²) in [7, 11) is -2.66. The summed E-state index contributed by atoms with van der Waals surface area (Å²) in [4.78, 5) is 2.59. The molecule has 1 nitrogen and oxygen atoms in total. The van der Waals surface area contributed by atoms with E-state index in [2.05, 4.69) is 165 Å². The predicted octanol–water partition coefficient (Wildman–Crippen LogP) is 4.60. The Morgan fingerprint density at radius 1 is 0.500 bits per heavy atom. The first-order chi connectivity index (χ1) is 20.6. The van der Waals surface area contributed by atoms with Gasteiger partial charge in [-0.1, -0.05) is 150 Å². The maximum Gasteiger partial charge on any atom is 0.247 e. The van der Waals surface area contributed by atoms with Gasteiger partial charge in [0, 0.05) is 17.1 Å². The first-order valence-corrected chi connectivity index (χ1v) is 16.9. The summed E-state index contributed by atoms with van der Waals surface area (Å²) in [5, 5.41) is 5.77. The van der Waals surface area contributed by atoms with E-state index in [-0.39, 0.29) is 6.71 Å². The van der Waals surface area contributed by atoms with Crippen molar-refractivity contribution in [2.24, 2.45) is 0 Å². The van der Waals surface area contributed by atoms with Crippen LogP contribution in [-0.4, -0.2) is 14.8 Å². The van der Waals surface area contributed by atoms with Crippen LogP contribution in [0.2, 0.25) is 0 Å². The number of aryl methyl sites for hydroxylation is 3. The van der Waals surface area contributed by atoms with Crippen molar-refractivity contribution >= 4 is 69.0 Å². The lowest BCUT2D eigenvalue weighted by Gasteiger charge is -2.49. The van der Waals surface area contributed by atoms with Crippen LogP contribution in [0.1, 0.15) is 16.7 Å². The second-order valence-electron chi connectivity index (χ2n) is 11.9. The molecule has 200 valence electrons. The number of nitrogens with zero attached hydrogens (tertiary/aromatic N) is 1. The third-order valence-electron chi connectivity index (χ3n) is 9.48. The predicted molar refractivity (Wildman–Crippen MR) is 184 cm³/mol. The van der Waals surface area contributed by atoms with E-state index < -0.39 is 8.07 Å². The molecule has 0 N–H and O–H groups in total. The van der Waals surface area contributed by atoms with E-state index in [1.165, 1.54) is 70.9 Å². The quantitative estimate of drug-likeness (QED) is 0.289. The van der Waals surface area contributed by atoms with Crippen LogP contribution in [0.3, 0.4) is 0 Å². The summed E-state index contributed by atoms with van der Waals surface area (Å²) in [6.45, 7) is 6.96. The summed E-state index contributed by atoms with van der Waals surface area (Å²) in [5.74, 6) is 0. The van der Waals surface area contributed by atoms with Gasteiger partial charge in [0.05, 0.1) is 0 Å². The van der Waals surface area contributed by atoms with E-state index in [9.17, 15) is 0 Å². The maximum absolute atomic E-state index is 2.66. The van der Waals surface area contributed by atoms with Crippen LogP contribution < -0.4 is 42.0 Å². The Morgan fingerprint density at radius 3 is 1.69 bits per heavy atom. The molecule has 8 rings (SSSR count). The van der Waals surface area contributed by atoms with Crippen LogP contribution >= 0.6 is 0 Å². The van der Waals surface area contributed by atoms with Gasteiger partial charge in [-0.15, -0.1) is 0 Å². The summed E-state index contributed by atoms with van der Waals surface area (Å²) in [6.07, 6.45) is 0. The van der Waals surface area contributed by atoms with E-state index >= 15 is 0 Å². The van der Waals surface area contributed by atoms with Gasteiger partial charge in [0.1, 0.15) is 0 Å². The lowest BCUT2D eigenvalue weighted by Crippen LogP contribution is -2.78. The van der Waals surface area contributed by atoms with Crippen LogP contribution in [0.5, 0.6) is 0 Å². The van der Waals surface area contributed by atoms with Gasteiger partial charge in [-0.3, -0.25) is 0 Å². The number of anilines is 3. The number of benzene rings is 6. The SMILES string of the molecule is Cc1cc(C)c(B2c3ccccc3N3c4ccccc4[Si](c4ccccc4)(c4ccccc4)c4cccc2c43)c(C)c1. The first kappa shape index (κ1) is 25.1. The summed E-state index contributed by atoms with van der Waals surface area (Å²) >= 11 is 0. The molecule has 0 saturated carbocycles. The lowest BCUT2D eigenvalue weighted by molar-refractivity contribution is 1.29. The topological polar surface area (TPSA) is 3.24 Å². The molecule has 0 bridgehead atoms. The van der Waals surface area contributed by atoms with Gasteiger partial charge in [0.2, 0.25) is 6.71 Å². The fourth-order valence-electron chi connectivity index (χ4n) is 8.07. The third-order valence-corrected chi connectivity index (χ3v) is 14.3. The Bertz CT molecular complexity index is 1920. The zero-order chi connectivity index (χ0) is 28.4. The van der Waals surface area contributed by atoms with Crippen molar-refractivity contribution in [1.29, 1.82) is 0 Å². The van der Waals surface area contributed by atoms with Crippen molar-refractivity contribution in [2.75, 3.05) is 4.90 Å². The molecule has 0 aliphatic carbocycles. The van der Waals surface area contributed by atoms with Gasteiger partial charge >= 0.3 is 0 Å². The molecule has 0 spiro atoms. The molecule has 2 aliphatic heterocycles. The monoisotopic (exact) mass is 553 g/mol. The average molecular weight is 554 g/mol. The van der Waals surface area contributed by atoms with E-state index in [0.29, 0.717) is 0 Å². The molecule has 3 heteroatoms. The minimum absolute atomic E-state index is 0.163. The van der Waals surface area contributed by atoms with Crippen molar-refractivity contribution in [2.45, 2.75) is 20.8 Å². The third kappa shape index (κ3) is 3.38. The highest BCUT2D eigenvalue weighted by Gasteiger charge is 2.51. The van der Waals surface area contributed by atoms with E-state index in [4.69, 9.17) is 0 Å². The Labute approximate surface area is 250 Å². The fraction of sp³-hybridized carbons (Fsp3) is 0.0769. The molecule has 6 aromatic carbocycles. The molecule has 0 radical (unpaired) electrons. The summed E-state index contributed by atoms with van der Waals surface area (Å²) in [6, 6.07) is 52.8. The van der Waals surface area contributed by atoms with Crippen LogP contribution in [0.4, 0.5) is 17.1 Å². The molecule has 0 unspecified atom stereocenters. The van der Waals surface area contributed by atoms with Crippen molar-refractivity contribution in [3.05, 3.63) is 156 Å². The van der Waals surface area contributed by atoms with Crippen molar-refractivity contribution < 1.29 is 0 Å². The lowest BCUT2D eigenvalue weighted by atomic mass is 9.34. The summed E-state index contributed by atoms with van der Waals surface area (Å²) < 4.78 is 0. The highest BCUT2D eigenvalue weighted by atomic mass is 28.3. The second kappa shape index (κ2) is 9.47. The molecule has 6 aromatic rings. The number of rotatable bonds is 3. The number of fused-ring (bicyclic) bond motifs is 4. The zero-order valence-corrected chi connectivity index (χ0v) is 25.3. The first-order valence-electron chi connectivity index (χ1n) is 14.9. The van der Waals surface area contributed by atoms with Gasteiger partial charge in [0.25, 0.3) is 0 Å². The van der Waals surface area contributed by atoms with E-state index in [1.807, 2.05) is 0 Å². The van der Waals surface area contributed by atoms with Crippen LogP contribution in [0.25, 0.3) is 0 Å². The number of hydrogen-bond acceptors (Lipinski definition) is 1. The molecule has 2 heterocycles. The number of hydrogen-bond donors (Lipinski definition) is 0. The van der Waals surface area contributed by atoms with Crippen molar-refractivity contribution in [1.82, 2.24) is 0 Å². The largest absolute Gasteiger partial charge is 0.312 e. The van der Waals surface area contributed by atoms with Crippen LogP contribution in [-0.2, 0) is 0 Å². The minimum Gasteiger partial charge on any atom is -0.312 e. The van der Waals surface area contributed by atoms with Gasteiger partial charge in [-0.25, -0.2) is 0 Å². The minimum atomic E-state index is -2.66. The standard InChI is InChI=1S/C39H32BNSi/c1-27-25-28(2)38(29(3)26-27)40-32-19-10-11-21-34(32)41-35-22-12-13-23-36(35)42(30-15-6-4-7-16-30,31-17-8-5-9-18-31)37-24-14-20-33(40)39(37)41/h4-26H,1-3H3. The molecule has 0 saturated heterocycles. The average Bonchev–Trinajstić information content (AvgIpc) is 3.02. The molecule has 42 heavy (non-hydrogen) atoms. The molecular weight excluding hydrogens is 521 g/mol. The summed E-state index contributed by atoms with van der Waals surface area (Å²) in [5.41, 5.74) is 12.2. The zero-order valence-electron chi connectivity index (χ0n) is 24.3. The smallest absolute Gasteiger partial charge is 0.247 e.